The molecule has 0 amide bonds. The van der Waals surface area contributed by atoms with E-state index in [1.54, 1.807) is 30.3 Å². The summed E-state index contributed by atoms with van der Waals surface area (Å²) in [5.41, 5.74) is 0.881. The Bertz CT molecular complexity index is 616. The van der Waals surface area contributed by atoms with Crippen LogP contribution in [-0.4, -0.2) is 11.1 Å². The van der Waals surface area contributed by atoms with E-state index >= 15 is 0 Å². The second-order valence-corrected chi connectivity index (χ2v) is 5.20. The predicted molar refractivity (Wildman–Crippen MR) is 74.4 cm³/mol. The van der Waals surface area contributed by atoms with E-state index in [0.29, 0.717) is 16.2 Å². The zero-order valence-corrected chi connectivity index (χ0v) is 11.3. The number of rotatable bonds is 4. The van der Waals surface area contributed by atoms with Gasteiger partial charge in [-0.25, -0.2) is 9.18 Å². The van der Waals surface area contributed by atoms with Crippen LogP contribution in [0.3, 0.4) is 0 Å². The summed E-state index contributed by atoms with van der Waals surface area (Å²) in [6.45, 7) is 0. The second-order valence-electron chi connectivity index (χ2n) is 3.80. The van der Waals surface area contributed by atoms with Crippen LogP contribution in [0, 0.1) is 5.82 Å². The summed E-state index contributed by atoms with van der Waals surface area (Å²) >= 11 is 7.18. The van der Waals surface area contributed by atoms with Gasteiger partial charge < -0.3 is 5.11 Å². The fraction of sp³-hybridized carbons (Fsp3) is 0.0714. The number of hydrogen-bond donors (Lipinski definition) is 1. The van der Waals surface area contributed by atoms with Crippen molar-refractivity contribution in [3.05, 3.63) is 64.4 Å². The maximum Gasteiger partial charge on any atom is 0.336 e. The van der Waals surface area contributed by atoms with E-state index in [0.717, 1.165) is 0 Å². The monoisotopic (exact) mass is 296 g/mol. The molecule has 0 saturated heterocycles. The fourth-order valence-electron chi connectivity index (χ4n) is 1.58. The van der Waals surface area contributed by atoms with E-state index in [9.17, 15) is 9.18 Å². The number of carboxylic acid groups (broad SMARTS) is 1. The molecule has 5 heteroatoms. The first-order valence-electron chi connectivity index (χ1n) is 5.47. The molecular weight excluding hydrogens is 287 g/mol. The number of hydrogen-bond acceptors (Lipinski definition) is 2. The van der Waals surface area contributed by atoms with Crippen molar-refractivity contribution in [2.24, 2.45) is 0 Å². The third kappa shape index (κ3) is 3.28. The van der Waals surface area contributed by atoms with Crippen LogP contribution >= 0.6 is 23.4 Å². The van der Waals surface area contributed by atoms with Gasteiger partial charge in [-0.3, -0.25) is 0 Å². The molecule has 0 unspecified atom stereocenters. The van der Waals surface area contributed by atoms with E-state index in [2.05, 4.69) is 0 Å². The van der Waals surface area contributed by atoms with Crippen LogP contribution in [0.15, 0.2) is 47.4 Å². The minimum absolute atomic E-state index is 0.0859. The lowest BCUT2D eigenvalue weighted by atomic mass is 10.2. The molecule has 2 rings (SSSR count). The Balaban J connectivity index is 2.19. The number of carboxylic acids is 1. The Hall–Kier alpha value is -1.52. The molecule has 2 aromatic rings. The van der Waals surface area contributed by atoms with Crippen molar-refractivity contribution in [2.45, 2.75) is 10.6 Å². The molecule has 0 fully saturated rings. The summed E-state index contributed by atoms with van der Waals surface area (Å²) in [6, 6.07) is 11.3. The van der Waals surface area contributed by atoms with Gasteiger partial charge in [-0.1, -0.05) is 35.9 Å². The first kappa shape index (κ1) is 13.9. The van der Waals surface area contributed by atoms with E-state index in [1.807, 2.05) is 0 Å². The third-order valence-electron chi connectivity index (χ3n) is 2.53. The minimum atomic E-state index is -0.978. The van der Waals surface area contributed by atoms with Crippen LogP contribution in [0.5, 0.6) is 0 Å². The van der Waals surface area contributed by atoms with Crippen LogP contribution in [0.4, 0.5) is 4.39 Å². The number of thioether (sulfide) groups is 1. The van der Waals surface area contributed by atoms with Crippen molar-refractivity contribution in [3.63, 3.8) is 0 Å². The van der Waals surface area contributed by atoms with Gasteiger partial charge in [0.2, 0.25) is 0 Å². The van der Waals surface area contributed by atoms with Gasteiger partial charge in [-0.15, -0.1) is 11.8 Å². The molecule has 2 aromatic carbocycles. The maximum absolute atomic E-state index is 13.3. The highest BCUT2D eigenvalue weighted by Gasteiger charge is 2.11. The predicted octanol–water partition coefficient (Wildman–Crippen LogP) is 4.47. The standard InChI is InChI=1S/C14H10ClFO2S/c15-13-9(4-3-6-11(13)16)8-19-12-7-2-1-5-10(12)14(17)18/h1-7H,8H2,(H,17,18). The van der Waals surface area contributed by atoms with Crippen molar-refractivity contribution in [1.29, 1.82) is 0 Å². The fourth-order valence-corrected chi connectivity index (χ4v) is 2.89. The van der Waals surface area contributed by atoms with Crippen molar-refractivity contribution >= 4 is 29.3 Å². The van der Waals surface area contributed by atoms with Crippen molar-refractivity contribution in [1.82, 2.24) is 0 Å². The van der Waals surface area contributed by atoms with E-state index in [1.165, 1.54) is 23.9 Å². The lowest BCUT2D eigenvalue weighted by Gasteiger charge is -2.07. The zero-order valence-electron chi connectivity index (χ0n) is 9.77. The molecule has 19 heavy (non-hydrogen) atoms. The molecule has 0 atom stereocenters. The lowest BCUT2D eigenvalue weighted by molar-refractivity contribution is 0.0693. The van der Waals surface area contributed by atoms with Crippen LogP contribution in [-0.2, 0) is 5.75 Å². The van der Waals surface area contributed by atoms with E-state index < -0.39 is 11.8 Å². The normalized spacial score (nSPS) is 10.4. The van der Waals surface area contributed by atoms with Crippen LogP contribution < -0.4 is 0 Å². The molecule has 0 aliphatic rings. The molecular formula is C14H10ClFO2S. The number of benzene rings is 2. The van der Waals surface area contributed by atoms with E-state index in [4.69, 9.17) is 16.7 Å². The molecule has 0 saturated carbocycles. The van der Waals surface area contributed by atoms with Gasteiger partial charge in [0.15, 0.2) is 0 Å². The Labute approximate surface area is 119 Å². The van der Waals surface area contributed by atoms with Crippen LogP contribution in [0.1, 0.15) is 15.9 Å². The van der Waals surface area contributed by atoms with Crippen molar-refractivity contribution < 1.29 is 14.3 Å². The molecule has 0 heterocycles. The Morgan fingerprint density at radius 3 is 2.68 bits per heavy atom. The summed E-state index contributed by atoms with van der Waals surface area (Å²) in [6.07, 6.45) is 0. The van der Waals surface area contributed by atoms with Gasteiger partial charge in [-0.05, 0) is 23.8 Å². The summed E-state index contributed by atoms with van der Waals surface area (Å²) in [7, 11) is 0. The van der Waals surface area contributed by atoms with Gasteiger partial charge in [0.1, 0.15) is 5.82 Å². The van der Waals surface area contributed by atoms with Gasteiger partial charge in [0, 0.05) is 10.6 Å². The SMILES string of the molecule is O=C(O)c1ccccc1SCc1cccc(F)c1Cl. The smallest absolute Gasteiger partial charge is 0.336 e. The highest BCUT2D eigenvalue weighted by Crippen LogP contribution is 2.30. The molecule has 0 aliphatic heterocycles. The molecule has 1 N–H and O–H groups in total. The molecule has 0 spiro atoms. The van der Waals surface area contributed by atoms with Gasteiger partial charge >= 0.3 is 5.97 Å². The van der Waals surface area contributed by atoms with Gasteiger partial charge in [0.25, 0.3) is 0 Å². The van der Waals surface area contributed by atoms with Gasteiger partial charge in [-0.2, -0.15) is 0 Å². The van der Waals surface area contributed by atoms with Gasteiger partial charge in [0.05, 0.1) is 10.6 Å². The number of halogens is 2. The van der Waals surface area contributed by atoms with Crippen molar-refractivity contribution in [2.75, 3.05) is 0 Å². The summed E-state index contributed by atoms with van der Waals surface area (Å²) < 4.78 is 13.3. The van der Waals surface area contributed by atoms with E-state index in [-0.39, 0.29) is 10.6 Å². The first-order chi connectivity index (χ1) is 9.09. The summed E-state index contributed by atoms with van der Waals surface area (Å²) in [4.78, 5) is 11.7. The molecule has 0 aliphatic carbocycles. The maximum atomic E-state index is 13.3. The molecule has 2 nitrogen and oxygen atoms in total. The average Bonchev–Trinajstić information content (AvgIpc) is 2.40. The van der Waals surface area contributed by atoms with Crippen molar-refractivity contribution in [3.8, 4) is 0 Å². The number of carbonyl (C=O) groups is 1. The molecule has 0 radical (unpaired) electrons. The largest absolute Gasteiger partial charge is 0.478 e. The first-order valence-corrected chi connectivity index (χ1v) is 6.84. The average molecular weight is 297 g/mol. The van der Waals surface area contributed by atoms with Crippen LogP contribution in [0.2, 0.25) is 5.02 Å². The lowest BCUT2D eigenvalue weighted by Crippen LogP contribution is -1.98. The summed E-state index contributed by atoms with van der Waals surface area (Å²) in [5.74, 6) is -1.03. The topological polar surface area (TPSA) is 37.3 Å². The Morgan fingerprint density at radius 1 is 1.21 bits per heavy atom. The Kier molecular flexibility index (Phi) is 4.45. The minimum Gasteiger partial charge on any atom is -0.478 e. The Morgan fingerprint density at radius 2 is 1.95 bits per heavy atom. The van der Waals surface area contributed by atoms with Crippen LogP contribution in [0.25, 0.3) is 0 Å². The second kappa shape index (κ2) is 6.08. The quantitative estimate of drug-likeness (QED) is 0.846. The molecule has 0 aromatic heterocycles. The highest BCUT2D eigenvalue weighted by molar-refractivity contribution is 7.98. The molecule has 98 valence electrons. The summed E-state index contributed by atoms with van der Waals surface area (Å²) in [5, 5.41) is 9.15. The zero-order chi connectivity index (χ0) is 13.8. The number of aromatic carboxylic acids is 1. The molecule has 0 bridgehead atoms. The third-order valence-corrected chi connectivity index (χ3v) is 4.08. The highest BCUT2D eigenvalue weighted by atomic mass is 35.5.